The summed E-state index contributed by atoms with van der Waals surface area (Å²) in [5.41, 5.74) is 6.53. The lowest BCUT2D eigenvalue weighted by molar-refractivity contribution is -0.119. The van der Waals surface area contributed by atoms with Gasteiger partial charge in [0.1, 0.15) is 0 Å². The first-order valence-corrected chi connectivity index (χ1v) is 8.29. The van der Waals surface area contributed by atoms with Gasteiger partial charge in [-0.05, 0) is 29.8 Å². The van der Waals surface area contributed by atoms with E-state index in [0.29, 0.717) is 23.6 Å². The Kier molecular flexibility index (Phi) is 6.41. The molecule has 2 N–H and O–H groups in total. The van der Waals surface area contributed by atoms with Crippen LogP contribution in [0.2, 0.25) is 0 Å². The molecule has 0 radical (unpaired) electrons. The molecule has 2 rings (SSSR count). The minimum absolute atomic E-state index is 0.157. The van der Waals surface area contributed by atoms with Crippen molar-refractivity contribution >= 4 is 27.7 Å². The highest BCUT2D eigenvalue weighted by atomic mass is 79.9. The molecule has 25 heavy (non-hydrogen) atoms. The first-order valence-electron chi connectivity index (χ1n) is 7.50. The molecule has 132 valence electrons. The van der Waals surface area contributed by atoms with E-state index >= 15 is 0 Å². The van der Waals surface area contributed by atoms with Crippen LogP contribution < -0.4 is 15.2 Å². The van der Waals surface area contributed by atoms with Crippen molar-refractivity contribution in [2.75, 3.05) is 20.8 Å². The third-order valence-electron chi connectivity index (χ3n) is 3.49. The van der Waals surface area contributed by atoms with Crippen molar-refractivity contribution in [2.45, 2.75) is 6.54 Å². The molecule has 7 heteroatoms. The molecule has 2 amide bonds. The van der Waals surface area contributed by atoms with Crippen LogP contribution in [0.4, 0.5) is 0 Å². The summed E-state index contributed by atoms with van der Waals surface area (Å²) < 4.78 is 11.4. The fourth-order valence-electron chi connectivity index (χ4n) is 2.24. The van der Waals surface area contributed by atoms with Gasteiger partial charge in [0.05, 0.1) is 7.11 Å². The maximum absolute atomic E-state index is 12.6. The minimum Gasteiger partial charge on any atom is -0.493 e. The molecule has 0 saturated heterocycles. The third-order valence-corrected chi connectivity index (χ3v) is 4.27. The second-order valence-corrected chi connectivity index (χ2v) is 6.23. The van der Waals surface area contributed by atoms with Crippen LogP contribution >= 0.6 is 15.9 Å². The molecule has 0 aliphatic heterocycles. The molecule has 0 bridgehead atoms. The van der Waals surface area contributed by atoms with Crippen molar-refractivity contribution in [1.29, 1.82) is 0 Å². The summed E-state index contributed by atoms with van der Waals surface area (Å²) in [6, 6.07) is 12.5. The van der Waals surface area contributed by atoms with Gasteiger partial charge in [0.15, 0.2) is 18.1 Å². The van der Waals surface area contributed by atoms with Crippen LogP contribution in [0.15, 0.2) is 46.9 Å². The van der Waals surface area contributed by atoms with Gasteiger partial charge in [-0.25, -0.2) is 0 Å². The Morgan fingerprint density at radius 1 is 1.16 bits per heavy atom. The van der Waals surface area contributed by atoms with Gasteiger partial charge in [0.25, 0.3) is 11.8 Å². The number of hydrogen-bond acceptors (Lipinski definition) is 4. The number of carbonyl (C=O) groups excluding carboxylic acids is 2. The highest BCUT2D eigenvalue weighted by molar-refractivity contribution is 9.10. The molecular formula is C18H19BrN2O4. The number of ether oxygens (including phenoxy) is 2. The molecular weight excluding hydrogens is 388 g/mol. The summed E-state index contributed by atoms with van der Waals surface area (Å²) in [5, 5.41) is 0. The van der Waals surface area contributed by atoms with Crippen LogP contribution in [0, 0.1) is 0 Å². The lowest BCUT2D eigenvalue weighted by atomic mass is 10.1. The van der Waals surface area contributed by atoms with E-state index in [0.717, 1.165) is 10.0 Å². The first-order chi connectivity index (χ1) is 11.9. The Labute approximate surface area is 154 Å². The van der Waals surface area contributed by atoms with E-state index in [1.165, 1.54) is 7.11 Å². The van der Waals surface area contributed by atoms with Crippen LogP contribution in [0.1, 0.15) is 15.9 Å². The predicted molar refractivity (Wildman–Crippen MR) is 97.6 cm³/mol. The summed E-state index contributed by atoms with van der Waals surface area (Å²) in [6.45, 7) is 0.202. The summed E-state index contributed by atoms with van der Waals surface area (Å²) in [6.07, 6.45) is 0. The average molecular weight is 407 g/mol. The maximum Gasteiger partial charge on any atom is 0.255 e. The van der Waals surface area contributed by atoms with E-state index in [1.54, 1.807) is 30.1 Å². The average Bonchev–Trinajstić information content (AvgIpc) is 2.61. The lowest BCUT2D eigenvalue weighted by Gasteiger charge is -2.19. The van der Waals surface area contributed by atoms with Crippen molar-refractivity contribution in [2.24, 2.45) is 5.73 Å². The van der Waals surface area contributed by atoms with Gasteiger partial charge in [-0.1, -0.05) is 34.1 Å². The number of nitrogens with two attached hydrogens (primary N) is 1. The molecule has 0 spiro atoms. The quantitative estimate of drug-likeness (QED) is 0.765. The van der Waals surface area contributed by atoms with Crippen LogP contribution in [-0.4, -0.2) is 37.5 Å². The highest BCUT2D eigenvalue weighted by Gasteiger charge is 2.16. The summed E-state index contributed by atoms with van der Waals surface area (Å²) in [5.74, 6) is -0.0291. The van der Waals surface area contributed by atoms with Gasteiger partial charge in [0, 0.05) is 23.6 Å². The van der Waals surface area contributed by atoms with Gasteiger partial charge in [-0.2, -0.15) is 0 Å². The molecule has 6 nitrogen and oxygen atoms in total. The number of halogens is 1. The topological polar surface area (TPSA) is 81.9 Å². The van der Waals surface area contributed by atoms with Gasteiger partial charge >= 0.3 is 0 Å². The van der Waals surface area contributed by atoms with E-state index in [4.69, 9.17) is 15.2 Å². The Balaban J connectivity index is 2.15. The Hall–Kier alpha value is -2.54. The second-order valence-electron chi connectivity index (χ2n) is 5.37. The zero-order valence-electron chi connectivity index (χ0n) is 14.0. The minimum atomic E-state index is -0.588. The molecule has 0 aliphatic rings. The van der Waals surface area contributed by atoms with Crippen LogP contribution in [0.25, 0.3) is 0 Å². The number of amides is 2. The van der Waals surface area contributed by atoms with Crippen molar-refractivity contribution in [3.05, 3.63) is 58.1 Å². The molecule has 0 aliphatic carbocycles. The smallest absolute Gasteiger partial charge is 0.255 e. The molecule has 0 heterocycles. The van der Waals surface area contributed by atoms with E-state index in [9.17, 15) is 9.59 Å². The molecule has 2 aromatic carbocycles. The molecule has 2 aromatic rings. The highest BCUT2D eigenvalue weighted by Crippen LogP contribution is 2.28. The van der Waals surface area contributed by atoms with Gasteiger partial charge < -0.3 is 20.1 Å². The number of nitrogens with zero attached hydrogens (tertiary/aromatic N) is 1. The SMILES string of the molecule is COc1cc(C(=O)N(C)Cc2ccccc2Br)ccc1OCC(N)=O. The maximum atomic E-state index is 12.6. The fraction of sp³-hybridized carbons (Fsp3) is 0.222. The van der Waals surface area contributed by atoms with Crippen molar-refractivity contribution in [1.82, 2.24) is 4.90 Å². The number of rotatable bonds is 7. The Bertz CT molecular complexity index is 779. The van der Waals surface area contributed by atoms with E-state index < -0.39 is 5.91 Å². The van der Waals surface area contributed by atoms with Crippen molar-refractivity contribution in [3.8, 4) is 11.5 Å². The van der Waals surface area contributed by atoms with E-state index in [1.807, 2.05) is 24.3 Å². The van der Waals surface area contributed by atoms with Gasteiger partial charge in [0.2, 0.25) is 0 Å². The number of primary amides is 1. The van der Waals surface area contributed by atoms with Crippen LogP contribution in [0.5, 0.6) is 11.5 Å². The monoisotopic (exact) mass is 406 g/mol. The number of methoxy groups -OCH3 is 1. The number of carbonyl (C=O) groups is 2. The van der Waals surface area contributed by atoms with Gasteiger partial charge in [-0.15, -0.1) is 0 Å². The van der Waals surface area contributed by atoms with Crippen molar-refractivity contribution in [3.63, 3.8) is 0 Å². The molecule has 0 unspecified atom stereocenters. The molecule has 0 fully saturated rings. The summed E-state index contributed by atoms with van der Waals surface area (Å²) >= 11 is 3.48. The normalized spacial score (nSPS) is 10.2. The predicted octanol–water partition coefficient (Wildman–Crippen LogP) is 2.59. The summed E-state index contributed by atoms with van der Waals surface area (Å²) in [7, 11) is 3.19. The van der Waals surface area contributed by atoms with E-state index in [-0.39, 0.29) is 12.5 Å². The van der Waals surface area contributed by atoms with E-state index in [2.05, 4.69) is 15.9 Å². The Morgan fingerprint density at radius 2 is 1.88 bits per heavy atom. The zero-order chi connectivity index (χ0) is 18.4. The largest absolute Gasteiger partial charge is 0.493 e. The molecule has 0 atom stereocenters. The van der Waals surface area contributed by atoms with Gasteiger partial charge in [-0.3, -0.25) is 9.59 Å². The third kappa shape index (κ3) is 4.96. The number of benzene rings is 2. The first kappa shape index (κ1) is 18.8. The second kappa shape index (κ2) is 8.53. The fourth-order valence-corrected chi connectivity index (χ4v) is 2.65. The molecule has 0 saturated carbocycles. The number of hydrogen-bond donors (Lipinski definition) is 1. The standard InChI is InChI=1S/C18H19BrN2O4/c1-21(10-13-5-3-4-6-14(13)19)18(23)12-7-8-15(16(9-12)24-2)25-11-17(20)22/h3-9H,10-11H2,1-2H3,(H2,20,22). The Morgan fingerprint density at radius 3 is 2.52 bits per heavy atom. The zero-order valence-corrected chi connectivity index (χ0v) is 15.6. The lowest BCUT2D eigenvalue weighted by Crippen LogP contribution is -2.26. The van der Waals surface area contributed by atoms with Crippen LogP contribution in [-0.2, 0) is 11.3 Å². The van der Waals surface area contributed by atoms with Crippen LogP contribution in [0.3, 0.4) is 0 Å². The van der Waals surface area contributed by atoms with Crippen molar-refractivity contribution < 1.29 is 19.1 Å². The summed E-state index contributed by atoms with van der Waals surface area (Å²) in [4.78, 5) is 25.1. The molecule has 0 aromatic heterocycles.